The smallest absolute Gasteiger partial charge is 0.255 e. The zero-order chi connectivity index (χ0) is 19.8. The SMILES string of the molecule is COc1cc2c(cc1NC(=O)c1ccc(-n3cccn3)cc1)oc1ccccc12. The van der Waals surface area contributed by atoms with Crippen LogP contribution in [0.25, 0.3) is 27.6 Å². The summed E-state index contributed by atoms with van der Waals surface area (Å²) < 4.78 is 13.2. The second-order valence-electron chi connectivity index (χ2n) is 6.60. The van der Waals surface area contributed by atoms with Gasteiger partial charge in [0.15, 0.2) is 0 Å². The van der Waals surface area contributed by atoms with Gasteiger partial charge in [0.05, 0.1) is 18.5 Å². The van der Waals surface area contributed by atoms with E-state index < -0.39 is 0 Å². The molecule has 0 radical (unpaired) electrons. The number of ether oxygens (including phenoxy) is 1. The van der Waals surface area contributed by atoms with Gasteiger partial charge in [-0.2, -0.15) is 5.10 Å². The Morgan fingerprint density at radius 3 is 2.59 bits per heavy atom. The van der Waals surface area contributed by atoms with Crippen molar-refractivity contribution in [2.45, 2.75) is 0 Å². The number of hydrogen-bond acceptors (Lipinski definition) is 4. The number of benzene rings is 3. The highest BCUT2D eigenvalue weighted by atomic mass is 16.5. The molecule has 0 aliphatic carbocycles. The van der Waals surface area contributed by atoms with Crippen molar-refractivity contribution in [2.24, 2.45) is 0 Å². The number of methoxy groups -OCH3 is 1. The van der Waals surface area contributed by atoms with E-state index in [1.165, 1.54) is 0 Å². The second-order valence-corrected chi connectivity index (χ2v) is 6.60. The molecule has 0 bridgehead atoms. The number of nitrogens with one attached hydrogen (secondary N) is 1. The fourth-order valence-electron chi connectivity index (χ4n) is 3.40. The van der Waals surface area contributed by atoms with Crippen LogP contribution in [-0.2, 0) is 0 Å². The normalized spacial score (nSPS) is 11.1. The van der Waals surface area contributed by atoms with Crippen molar-refractivity contribution in [3.05, 3.63) is 84.7 Å². The average Bonchev–Trinajstić information content (AvgIpc) is 3.41. The molecule has 0 unspecified atom stereocenters. The summed E-state index contributed by atoms with van der Waals surface area (Å²) in [7, 11) is 1.58. The quantitative estimate of drug-likeness (QED) is 0.472. The number of fused-ring (bicyclic) bond motifs is 3. The minimum absolute atomic E-state index is 0.231. The van der Waals surface area contributed by atoms with Crippen molar-refractivity contribution in [1.29, 1.82) is 0 Å². The number of carbonyl (C=O) groups is 1. The molecule has 3 aromatic carbocycles. The van der Waals surface area contributed by atoms with Crippen LogP contribution < -0.4 is 10.1 Å². The maximum absolute atomic E-state index is 12.8. The van der Waals surface area contributed by atoms with Crippen molar-refractivity contribution in [2.75, 3.05) is 12.4 Å². The van der Waals surface area contributed by atoms with Crippen molar-refractivity contribution in [3.8, 4) is 11.4 Å². The Morgan fingerprint density at radius 2 is 1.83 bits per heavy atom. The summed E-state index contributed by atoms with van der Waals surface area (Å²) in [5.74, 6) is 0.344. The van der Waals surface area contributed by atoms with Crippen LogP contribution in [0.4, 0.5) is 5.69 Å². The monoisotopic (exact) mass is 383 g/mol. The number of nitrogens with zero attached hydrogens (tertiary/aromatic N) is 2. The van der Waals surface area contributed by atoms with E-state index in [9.17, 15) is 4.79 Å². The molecule has 142 valence electrons. The van der Waals surface area contributed by atoms with Crippen LogP contribution in [-0.4, -0.2) is 22.8 Å². The first-order chi connectivity index (χ1) is 14.2. The Kier molecular flexibility index (Phi) is 4.02. The number of para-hydroxylation sites is 1. The van der Waals surface area contributed by atoms with E-state index in [4.69, 9.17) is 9.15 Å². The molecule has 5 rings (SSSR count). The minimum Gasteiger partial charge on any atom is -0.495 e. The Morgan fingerprint density at radius 1 is 1.00 bits per heavy atom. The Bertz CT molecular complexity index is 1320. The van der Waals surface area contributed by atoms with Crippen molar-refractivity contribution in [1.82, 2.24) is 9.78 Å². The van der Waals surface area contributed by atoms with Gasteiger partial charge in [0.2, 0.25) is 0 Å². The molecule has 0 aliphatic rings. The fraction of sp³-hybridized carbons (Fsp3) is 0.0435. The topological polar surface area (TPSA) is 69.3 Å². The first kappa shape index (κ1) is 17.1. The third-order valence-electron chi connectivity index (χ3n) is 4.85. The summed E-state index contributed by atoms with van der Waals surface area (Å²) in [6.07, 6.45) is 3.56. The van der Waals surface area contributed by atoms with E-state index in [1.54, 1.807) is 36.2 Å². The standard InChI is InChI=1S/C23H17N3O3/c1-28-22-13-18-17-5-2-3-6-20(17)29-21(18)14-19(22)25-23(27)15-7-9-16(10-8-15)26-12-4-11-24-26/h2-14H,1H3,(H,25,27). The van der Waals surface area contributed by atoms with Crippen LogP contribution in [0.5, 0.6) is 5.75 Å². The van der Waals surface area contributed by atoms with Gasteiger partial charge >= 0.3 is 0 Å². The lowest BCUT2D eigenvalue weighted by atomic mass is 10.1. The fourth-order valence-corrected chi connectivity index (χ4v) is 3.40. The van der Waals surface area contributed by atoms with Crippen LogP contribution >= 0.6 is 0 Å². The van der Waals surface area contributed by atoms with Crippen molar-refractivity contribution < 1.29 is 13.9 Å². The highest BCUT2D eigenvalue weighted by molar-refractivity contribution is 6.10. The van der Waals surface area contributed by atoms with Crippen LogP contribution in [0.2, 0.25) is 0 Å². The summed E-state index contributed by atoms with van der Waals surface area (Å²) in [6, 6.07) is 20.6. The van der Waals surface area contributed by atoms with Crippen LogP contribution in [0.3, 0.4) is 0 Å². The Hall–Kier alpha value is -4.06. The summed E-state index contributed by atoms with van der Waals surface area (Å²) in [4.78, 5) is 12.8. The molecule has 6 nitrogen and oxygen atoms in total. The highest BCUT2D eigenvalue weighted by Crippen LogP contribution is 2.36. The van der Waals surface area contributed by atoms with E-state index in [1.807, 2.05) is 54.7 Å². The molecule has 2 aromatic heterocycles. The molecule has 2 heterocycles. The zero-order valence-electron chi connectivity index (χ0n) is 15.6. The van der Waals surface area contributed by atoms with Crippen LogP contribution in [0, 0.1) is 0 Å². The molecule has 1 amide bonds. The van der Waals surface area contributed by atoms with Crippen LogP contribution in [0.1, 0.15) is 10.4 Å². The van der Waals surface area contributed by atoms with E-state index in [2.05, 4.69) is 10.4 Å². The number of hydrogen-bond donors (Lipinski definition) is 1. The summed E-state index contributed by atoms with van der Waals surface area (Å²) in [5.41, 5.74) is 3.46. The molecule has 0 spiro atoms. The number of carbonyl (C=O) groups excluding carboxylic acids is 1. The molecule has 1 N–H and O–H groups in total. The van der Waals surface area contributed by atoms with E-state index >= 15 is 0 Å². The molecular formula is C23H17N3O3. The predicted molar refractivity (Wildman–Crippen MR) is 112 cm³/mol. The first-order valence-electron chi connectivity index (χ1n) is 9.13. The lowest BCUT2D eigenvalue weighted by molar-refractivity contribution is 0.102. The van der Waals surface area contributed by atoms with Gasteiger partial charge in [-0.3, -0.25) is 4.79 Å². The summed E-state index contributed by atoms with van der Waals surface area (Å²) in [5, 5.41) is 9.06. The molecule has 29 heavy (non-hydrogen) atoms. The molecule has 5 aromatic rings. The minimum atomic E-state index is -0.231. The highest BCUT2D eigenvalue weighted by Gasteiger charge is 2.15. The lowest BCUT2D eigenvalue weighted by Gasteiger charge is -2.11. The average molecular weight is 383 g/mol. The van der Waals surface area contributed by atoms with E-state index in [0.717, 1.165) is 22.0 Å². The van der Waals surface area contributed by atoms with Gasteiger partial charge in [-0.1, -0.05) is 18.2 Å². The molecule has 0 saturated carbocycles. The van der Waals surface area contributed by atoms with Crippen molar-refractivity contribution >= 4 is 33.5 Å². The number of aromatic nitrogens is 2. The zero-order valence-corrected chi connectivity index (χ0v) is 15.6. The Balaban J connectivity index is 1.47. The summed E-state index contributed by atoms with van der Waals surface area (Å²) in [6.45, 7) is 0. The Labute approximate surface area is 166 Å². The molecule has 0 fully saturated rings. The number of furan rings is 1. The predicted octanol–water partition coefficient (Wildman–Crippen LogP) is 5.03. The van der Waals surface area contributed by atoms with Gasteiger partial charge in [-0.15, -0.1) is 0 Å². The van der Waals surface area contributed by atoms with Gasteiger partial charge in [0, 0.05) is 34.8 Å². The lowest BCUT2D eigenvalue weighted by Crippen LogP contribution is -2.12. The maximum atomic E-state index is 12.8. The van der Waals surface area contributed by atoms with Gasteiger partial charge in [-0.05, 0) is 42.5 Å². The van der Waals surface area contributed by atoms with E-state index in [-0.39, 0.29) is 5.91 Å². The van der Waals surface area contributed by atoms with Crippen molar-refractivity contribution in [3.63, 3.8) is 0 Å². The molecule has 0 saturated heterocycles. The summed E-state index contributed by atoms with van der Waals surface area (Å²) >= 11 is 0. The van der Waals surface area contributed by atoms with Gasteiger partial charge < -0.3 is 14.5 Å². The number of rotatable bonds is 4. The third-order valence-corrected chi connectivity index (χ3v) is 4.85. The van der Waals surface area contributed by atoms with Gasteiger partial charge in [-0.25, -0.2) is 4.68 Å². The molecule has 0 aliphatic heterocycles. The largest absolute Gasteiger partial charge is 0.495 e. The van der Waals surface area contributed by atoms with Gasteiger partial charge in [0.1, 0.15) is 16.9 Å². The third kappa shape index (κ3) is 3.00. The molecule has 6 heteroatoms. The first-order valence-corrected chi connectivity index (χ1v) is 9.13. The van der Waals surface area contributed by atoms with Gasteiger partial charge in [0.25, 0.3) is 5.91 Å². The van der Waals surface area contributed by atoms with E-state index in [0.29, 0.717) is 22.6 Å². The number of anilines is 1. The maximum Gasteiger partial charge on any atom is 0.255 e. The molecular weight excluding hydrogens is 366 g/mol. The van der Waals surface area contributed by atoms with Crippen LogP contribution in [0.15, 0.2) is 83.5 Å². The molecule has 0 atom stereocenters. The second kappa shape index (κ2) is 6.83. The number of amides is 1.